The Morgan fingerprint density at radius 1 is 1.37 bits per heavy atom. The van der Waals surface area contributed by atoms with Crippen LogP contribution in [0, 0.1) is 5.92 Å². The fraction of sp³-hybridized carbons (Fsp3) is 0.533. The molecule has 0 saturated carbocycles. The van der Waals surface area contributed by atoms with Crippen molar-refractivity contribution < 1.29 is 4.79 Å². The van der Waals surface area contributed by atoms with Crippen LogP contribution in [-0.4, -0.2) is 18.0 Å². The predicted octanol–water partition coefficient (Wildman–Crippen LogP) is 2.76. The summed E-state index contributed by atoms with van der Waals surface area (Å²) in [5.41, 5.74) is 6.94. The Hall–Kier alpha value is -1.06. The maximum atomic E-state index is 12.0. The average Bonchev–Trinajstić information content (AvgIpc) is 2.39. The molecule has 1 rings (SSSR count). The number of carbonyl (C=O) groups excluding carboxylic acids is 1. The average molecular weight is 283 g/mol. The van der Waals surface area contributed by atoms with Crippen molar-refractivity contribution in [2.45, 2.75) is 45.7 Å². The van der Waals surface area contributed by atoms with Crippen LogP contribution in [0.1, 0.15) is 32.8 Å². The Morgan fingerprint density at radius 2 is 2.00 bits per heavy atom. The van der Waals surface area contributed by atoms with E-state index in [1.165, 1.54) is 0 Å². The van der Waals surface area contributed by atoms with E-state index in [0.29, 0.717) is 6.42 Å². The molecule has 1 aromatic rings. The molecule has 3 nitrogen and oxygen atoms in total. The molecule has 19 heavy (non-hydrogen) atoms. The van der Waals surface area contributed by atoms with Gasteiger partial charge in [-0.2, -0.15) is 0 Å². The molecule has 0 fully saturated rings. The summed E-state index contributed by atoms with van der Waals surface area (Å²) >= 11 is 6.10. The van der Waals surface area contributed by atoms with Crippen molar-refractivity contribution in [2.75, 3.05) is 0 Å². The molecular weight excluding hydrogens is 260 g/mol. The van der Waals surface area contributed by atoms with Crippen molar-refractivity contribution in [1.82, 2.24) is 5.32 Å². The lowest BCUT2D eigenvalue weighted by Crippen LogP contribution is -2.48. The number of hydrogen-bond donors (Lipinski definition) is 2. The zero-order valence-corrected chi connectivity index (χ0v) is 12.6. The Kier molecular flexibility index (Phi) is 6.32. The topological polar surface area (TPSA) is 55.1 Å². The Morgan fingerprint density at radius 3 is 2.58 bits per heavy atom. The van der Waals surface area contributed by atoms with Crippen molar-refractivity contribution >= 4 is 17.5 Å². The van der Waals surface area contributed by atoms with E-state index in [4.69, 9.17) is 17.3 Å². The van der Waals surface area contributed by atoms with Gasteiger partial charge in [-0.05, 0) is 30.9 Å². The van der Waals surface area contributed by atoms with E-state index in [9.17, 15) is 4.79 Å². The molecule has 0 aliphatic rings. The molecule has 0 bridgehead atoms. The van der Waals surface area contributed by atoms with Crippen LogP contribution < -0.4 is 11.1 Å². The van der Waals surface area contributed by atoms with Crippen LogP contribution in [0.3, 0.4) is 0 Å². The van der Waals surface area contributed by atoms with Gasteiger partial charge in [0.15, 0.2) is 0 Å². The van der Waals surface area contributed by atoms with Crippen LogP contribution in [0.2, 0.25) is 5.02 Å². The standard InChI is InChI=1S/C15H23ClN2O/c1-4-10(2)14(17)15(19)18-11(3)9-12-7-5-6-8-13(12)16/h5-8,10-11,14H,4,9,17H2,1-3H3,(H,18,19)/t10-,11?,14-/m0/s1. The number of benzene rings is 1. The first-order chi connectivity index (χ1) is 8.95. The summed E-state index contributed by atoms with van der Waals surface area (Å²) in [4.78, 5) is 12.0. The van der Waals surface area contributed by atoms with Crippen LogP contribution in [0.5, 0.6) is 0 Å². The fourth-order valence-electron chi connectivity index (χ4n) is 1.90. The predicted molar refractivity (Wildman–Crippen MR) is 80.2 cm³/mol. The minimum Gasteiger partial charge on any atom is -0.352 e. The molecule has 3 atom stereocenters. The van der Waals surface area contributed by atoms with E-state index in [2.05, 4.69) is 5.32 Å². The first-order valence-electron chi connectivity index (χ1n) is 6.75. The number of hydrogen-bond acceptors (Lipinski definition) is 2. The van der Waals surface area contributed by atoms with E-state index >= 15 is 0 Å². The van der Waals surface area contributed by atoms with Gasteiger partial charge < -0.3 is 11.1 Å². The smallest absolute Gasteiger partial charge is 0.237 e. The summed E-state index contributed by atoms with van der Waals surface area (Å²) < 4.78 is 0. The second-order valence-electron chi connectivity index (χ2n) is 5.12. The maximum absolute atomic E-state index is 12.0. The highest BCUT2D eigenvalue weighted by molar-refractivity contribution is 6.31. The number of amides is 1. The van der Waals surface area contributed by atoms with Crippen LogP contribution >= 0.6 is 11.6 Å². The van der Waals surface area contributed by atoms with Gasteiger partial charge in [0.2, 0.25) is 5.91 Å². The van der Waals surface area contributed by atoms with Gasteiger partial charge in [-0.1, -0.05) is 50.1 Å². The summed E-state index contributed by atoms with van der Waals surface area (Å²) in [6, 6.07) is 7.24. The number of nitrogens with two attached hydrogens (primary N) is 1. The van der Waals surface area contributed by atoms with Crippen LogP contribution in [0.4, 0.5) is 0 Å². The zero-order chi connectivity index (χ0) is 14.4. The summed E-state index contributed by atoms with van der Waals surface area (Å²) in [6.45, 7) is 5.98. The number of carbonyl (C=O) groups is 1. The number of rotatable bonds is 6. The van der Waals surface area contributed by atoms with E-state index in [1.807, 2.05) is 45.0 Å². The molecular formula is C15H23ClN2O. The molecule has 0 saturated heterocycles. The largest absolute Gasteiger partial charge is 0.352 e. The molecule has 0 aromatic heterocycles. The Labute approximate surface area is 120 Å². The summed E-state index contributed by atoms with van der Waals surface area (Å²) in [5, 5.41) is 3.68. The van der Waals surface area contributed by atoms with Crippen molar-refractivity contribution in [3.05, 3.63) is 34.9 Å². The summed E-state index contributed by atoms with van der Waals surface area (Å²) in [5.74, 6) is 0.0985. The minimum absolute atomic E-state index is 0.0162. The van der Waals surface area contributed by atoms with Gasteiger partial charge in [0.25, 0.3) is 0 Å². The van der Waals surface area contributed by atoms with Gasteiger partial charge in [0, 0.05) is 11.1 Å². The molecule has 0 aliphatic heterocycles. The second-order valence-corrected chi connectivity index (χ2v) is 5.52. The first kappa shape index (κ1) is 16.0. The SMILES string of the molecule is CC[C@H](C)[C@H](N)C(=O)NC(C)Cc1ccccc1Cl. The highest BCUT2D eigenvalue weighted by atomic mass is 35.5. The van der Waals surface area contributed by atoms with Crippen LogP contribution in [0.15, 0.2) is 24.3 Å². The van der Waals surface area contributed by atoms with Gasteiger partial charge in [0.1, 0.15) is 0 Å². The van der Waals surface area contributed by atoms with Crippen LogP contribution in [0.25, 0.3) is 0 Å². The molecule has 3 N–H and O–H groups in total. The molecule has 0 spiro atoms. The third kappa shape index (κ3) is 4.84. The molecule has 4 heteroatoms. The Balaban J connectivity index is 2.54. The van der Waals surface area contributed by atoms with E-state index in [1.54, 1.807) is 0 Å². The lowest BCUT2D eigenvalue weighted by molar-refractivity contribution is -0.124. The molecule has 1 aromatic carbocycles. The fourth-order valence-corrected chi connectivity index (χ4v) is 2.11. The summed E-state index contributed by atoms with van der Waals surface area (Å²) in [7, 11) is 0. The normalized spacial score (nSPS) is 15.6. The monoisotopic (exact) mass is 282 g/mol. The van der Waals surface area contributed by atoms with Crippen molar-refractivity contribution in [1.29, 1.82) is 0 Å². The van der Waals surface area contributed by atoms with E-state index in [0.717, 1.165) is 17.0 Å². The molecule has 106 valence electrons. The minimum atomic E-state index is -0.446. The van der Waals surface area contributed by atoms with Crippen molar-refractivity contribution in [2.24, 2.45) is 11.7 Å². The molecule has 0 heterocycles. The second kappa shape index (κ2) is 7.51. The molecule has 1 amide bonds. The maximum Gasteiger partial charge on any atom is 0.237 e. The van der Waals surface area contributed by atoms with Gasteiger partial charge in [-0.25, -0.2) is 0 Å². The third-order valence-electron chi connectivity index (χ3n) is 3.43. The molecule has 0 aliphatic carbocycles. The Bertz CT molecular complexity index is 422. The van der Waals surface area contributed by atoms with Gasteiger partial charge in [0.05, 0.1) is 6.04 Å². The first-order valence-corrected chi connectivity index (χ1v) is 7.12. The molecule has 1 unspecified atom stereocenters. The van der Waals surface area contributed by atoms with Crippen LogP contribution in [-0.2, 0) is 11.2 Å². The highest BCUT2D eigenvalue weighted by Gasteiger charge is 2.20. The van der Waals surface area contributed by atoms with Gasteiger partial charge in [-0.3, -0.25) is 4.79 Å². The third-order valence-corrected chi connectivity index (χ3v) is 3.80. The van der Waals surface area contributed by atoms with Crippen molar-refractivity contribution in [3.63, 3.8) is 0 Å². The quantitative estimate of drug-likeness (QED) is 0.843. The number of halogens is 1. The lowest BCUT2D eigenvalue weighted by Gasteiger charge is -2.21. The molecule has 0 radical (unpaired) electrons. The number of nitrogens with one attached hydrogen (secondary N) is 1. The van der Waals surface area contributed by atoms with Crippen molar-refractivity contribution in [3.8, 4) is 0 Å². The van der Waals surface area contributed by atoms with Gasteiger partial charge >= 0.3 is 0 Å². The summed E-state index contributed by atoms with van der Waals surface area (Å²) in [6.07, 6.45) is 1.60. The van der Waals surface area contributed by atoms with Gasteiger partial charge in [-0.15, -0.1) is 0 Å². The zero-order valence-electron chi connectivity index (χ0n) is 11.8. The van der Waals surface area contributed by atoms with E-state index in [-0.39, 0.29) is 17.9 Å². The highest BCUT2D eigenvalue weighted by Crippen LogP contribution is 2.16. The van der Waals surface area contributed by atoms with E-state index < -0.39 is 6.04 Å². The lowest BCUT2D eigenvalue weighted by atomic mass is 9.98.